The number of para-hydroxylation sites is 1. The number of hydrogen-bond acceptors (Lipinski definition) is 6. The Labute approximate surface area is 181 Å². The van der Waals surface area contributed by atoms with Gasteiger partial charge in [-0.1, -0.05) is 24.6 Å². The lowest BCUT2D eigenvalue weighted by atomic mass is 9.76. The van der Waals surface area contributed by atoms with Gasteiger partial charge in [-0.3, -0.25) is 10.1 Å². The number of unbranched alkanes of at least 4 members (excludes halogenated alkanes) is 2. The van der Waals surface area contributed by atoms with Crippen LogP contribution >= 0.6 is 0 Å². The van der Waals surface area contributed by atoms with Gasteiger partial charge in [0.1, 0.15) is 5.75 Å². The van der Waals surface area contributed by atoms with Crippen molar-refractivity contribution in [1.82, 2.24) is 0 Å². The van der Waals surface area contributed by atoms with Crippen LogP contribution in [0.25, 0.3) is 6.08 Å². The Hall–Kier alpha value is -3.35. The molecule has 2 aromatic rings. The molecule has 2 aliphatic heterocycles. The van der Waals surface area contributed by atoms with Gasteiger partial charge in [-0.25, -0.2) is 0 Å². The highest BCUT2D eigenvalue weighted by Crippen LogP contribution is 2.55. The summed E-state index contributed by atoms with van der Waals surface area (Å²) in [6.45, 7) is 4.98. The molecule has 2 aromatic carbocycles. The largest absolute Gasteiger partial charge is 0.550 e. The molecule has 31 heavy (non-hydrogen) atoms. The van der Waals surface area contributed by atoms with Gasteiger partial charge >= 0.3 is 0 Å². The predicted octanol–water partition coefficient (Wildman–Crippen LogP) is 3.80. The number of aliphatic carboxylic acids is 1. The summed E-state index contributed by atoms with van der Waals surface area (Å²) in [6, 6.07) is 12.9. The molecule has 1 spiro atoms. The Morgan fingerprint density at radius 3 is 2.65 bits per heavy atom. The minimum Gasteiger partial charge on any atom is -0.550 e. The van der Waals surface area contributed by atoms with E-state index in [1.807, 2.05) is 24.3 Å². The molecule has 162 valence electrons. The van der Waals surface area contributed by atoms with Crippen LogP contribution in [0, 0.1) is 10.1 Å². The first-order chi connectivity index (χ1) is 14.8. The summed E-state index contributed by atoms with van der Waals surface area (Å²) in [5, 5.41) is 21.8. The summed E-state index contributed by atoms with van der Waals surface area (Å²) in [5.41, 5.74) is 1.79. The van der Waals surface area contributed by atoms with Crippen molar-refractivity contribution < 1.29 is 19.6 Å². The van der Waals surface area contributed by atoms with Crippen LogP contribution < -0.4 is 14.7 Å². The highest BCUT2D eigenvalue weighted by Gasteiger charge is 2.58. The highest BCUT2D eigenvalue weighted by atomic mass is 16.6. The third kappa shape index (κ3) is 3.44. The van der Waals surface area contributed by atoms with Crippen molar-refractivity contribution in [3.05, 3.63) is 69.8 Å². The number of non-ortho nitro benzene ring substituents is 1. The quantitative estimate of drug-likeness (QED) is 0.383. The second-order valence-corrected chi connectivity index (χ2v) is 8.59. The van der Waals surface area contributed by atoms with E-state index in [1.54, 1.807) is 6.07 Å². The molecular formula is C24H25N2O5-. The SMILES string of the molecule is CC1(C)c2ccccc2N(CCCCCC(=O)[O-])C12C=Cc1cc([N+](=O)[O-])ccc1O2. The van der Waals surface area contributed by atoms with E-state index in [1.165, 1.54) is 17.7 Å². The number of carboxylic acid groups (broad SMARTS) is 1. The predicted molar refractivity (Wildman–Crippen MR) is 116 cm³/mol. The number of ether oxygens (including phenoxy) is 1. The van der Waals surface area contributed by atoms with Gasteiger partial charge in [0.05, 0.1) is 10.3 Å². The molecule has 0 saturated carbocycles. The first-order valence-corrected chi connectivity index (χ1v) is 10.5. The van der Waals surface area contributed by atoms with Crippen LogP contribution in [0.3, 0.4) is 0 Å². The van der Waals surface area contributed by atoms with Crippen molar-refractivity contribution in [3.8, 4) is 5.75 Å². The first-order valence-electron chi connectivity index (χ1n) is 10.5. The molecule has 2 aliphatic rings. The van der Waals surface area contributed by atoms with Crippen molar-refractivity contribution in [3.63, 3.8) is 0 Å². The number of anilines is 1. The summed E-state index contributed by atoms with van der Waals surface area (Å²) < 4.78 is 6.63. The molecule has 7 heteroatoms. The number of benzene rings is 2. The number of nitrogens with zero attached hydrogens (tertiary/aromatic N) is 2. The number of carbonyl (C=O) groups is 1. The minimum atomic E-state index is -1.02. The Morgan fingerprint density at radius 1 is 1.13 bits per heavy atom. The number of hydrogen-bond donors (Lipinski definition) is 0. The standard InChI is InChI=1S/C24H26N2O5/c1-23(2)19-8-5-6-9-20(19)25(15-7-3-4-10-22(27)28)24(23)14-13-17-16-18(26(29)30)11-12-21(17)31-24/h5-6,8-9,11-14,16H,3-4,7,10,15H2,1-2H3,(H,27,28)/p-1. The van der Waals surface area contributed by atoms with Crippen LogP contribution in [0.5, 0.6) is 5.75 Å². The van der Waals surface area contributed by atoms with Gasteiger partial charge in [0.15, 0.2) is 0 Å². The van der Waals surface area contributed by atoms with Gasteiger partial charge in [-0.05, 0) is 63.0 Å². The van der Waals surface area contributed by atoms with Crippen molar-refractivity contribution >= 4 is 23.4 Å². The van der Waals surface area contributed by atoms with Crippen LogP contribution in [0.1, 0.15) is 50.7 Å². The van der Waals surface area contributed by atoms with Gasteiger partial charge in [0.25, 0.3) is 5.69 Å². The smallest absolute Gasteiger partial charge is 0.270 e. The number of nitro groups is 1. The monoisotopic (exact) mass is 421 g/mol. The topological polar surface area (TPSA) is 95.7 Å². The number of nitro benzene ring substituents is 1. The summed E-state index contributed by atoms with van der Waals surface area (Å²) in [7, 11) is 0. The number of carboxylic acids is 1. The van der Waals surface area contributed by atoms with Gasteiger partial charge < -0.3 is 19.5 Å². The van der Waals surface area contributed by atoms with E-state index in [-0.39, 0.29) is 17.5 Å². The maximum atomic E-state index is 11.1. The molecule has 0 saturated heterocycles. The highest BCUT2D eigenvalue weighted by molar-refractivity contribution is 5.73. The van der Waals surface area contributed by atoms with Gasteiger partial charge in [-0.2, -0.15) is 0 Å². The van der Waals surface area contributed by atoms with E-state index in [4.69, 9.17) is 4.74 Å². The Balaban J connectivity index is 1.68. The number of carbonyl (C=O) groups excluding carboxylic acids is 1. The lowest BCUT2D eigenvalue weighted by Crippen LogP contribution is -2.59. The molecule has 0 radical (unpaired) electrons. The molecule has 0 N–H and O–H groups in total. The molecule has 0 aliphatic carbocycles. The molecule has 2 heterocycles. The van der Waals surface area contributed by atoms with Crippen LogP contribution in [-0.4, -0.2) is 23.2 Å². The van der Waals surface area contributed by atoms with E-state index in [2.05, 4.69) is 30.9 Å². The molecule has 0 amide bonds. The third-order valence-corrected chi connectivity index (χ3v) is 6.39. The van der Waals surface area contributed by atoms with Crippen LogP contribution in [-0.2, 0) is 10.2 Å². The van der Waals surface area contributed by atoms with E-state index in [0.29, 0.717) is 24.3 Å². The number of fused-ring (bicyclic) bond motifs is 2. The van der Waals surface area contributed by atoms with Crippen LogP contribution in [0.15, 0.2) is 48.5 Å². The Morgan fingerprint density at radius 2 is 1.90 bits per heavy atom. The van der Waals surface area contributed by atoms with Crippen molar-refractivity contribution in [2.45, 2.75) is 50.7 Å². The van der Waals surface area contributed by atoms with Crippen molar-refractivity contribution in [1.29, 1.82) is 0 Å². The molecule has 0 bridgehead atoms. The second kappa shape index (κ2) is 7.72. The average molecular weight is 421 g/mol. The average Bonchev–Trinajstić information content (AvgIpc) is 2.91. The fraction of sp³-hybridized carbons (Fsp3) is 0.375. The maximum Gasteiger partial charge on any atom is 0.270 e. The molecule has 0 aromatic heterocycles. The van der Waals surface area contributed by atoms with Crippen LogP contribution in [0.4, 0.5) is 11.4 Å². The zero-order valence-corrected chi connectivity index (χ0v) is 17.7. The van der Waals surface area contributed by atoms with E-state index >= 15 is 0 Å². The van der Waals surface area contributed by atoms with Crippen molar-refractivity contribution in [2.24, 2.45) is 0 Å². The molecule has 0 fully saturated rings. The normalized spacial score (nSPS) is 20.3. The van der Waals surface area contributed by atoms with E-state index < -0.39 is 16.6 Å². The summed E-state index contributed by atoms with van der Waals surface area (Å²) >= 11 is 0. The van der Waals surface area contributed by atoms with Gasteiger partial charge in [-0.15, -0.1) is 0 Å². The van der Waals surface area contributed by atoms with Gasteiger partial charge in [0, 0.05) is 35.9 Å². The van der Waals surface area contributed by atoms with E-state index in [9.17, 15) is 20.0 Å². The summed E-state index contributed by atoms with van der Waals surface area (Å²) in [4.78, 5) is 23.7. The molecular weight excluding hydrogens is 396 g/mol. The Bertz CT molecular complexity index is 1060. The second-order valence-electron chi connectivity index (χ2n) is 8.59. The molecule has 7 nitrogen and oxygen atoms in total. The van der Waals surface area contributed by atoms with Crippen molar-refractivity contribution in [2.75, 3.05) is 11.4 Å². The summed E-state index contributed by atoms with van der Waals surface area (Å²) in [6.07, 6.45) is 6.13. The molecule has 1 unspecified atom stereocenters. The fourth-order valence-electron chi connectivity index (χ4n) is 4.71. The summed E-state index contributed by atoms with van der Waals surface area (Å²) in [5.74, 6) is -0.413. The Kier molecular flexibility index (Phi) is 5.21. The lowest BCUT2D eigenvalue weighted by molar-refractivity contribution is -0.384. The van der Waals surface area contributed by atoms with E-state index in [0.717, 1.165) is 18.5 Å². The van der Waals surface area contributed by atoms with Gasteiger partial charge in [0.2, 0.25) is 5.72 Å². The zero-order chi connectivity index (χ0) is 22.2. The number of rotatable bonds is 7. The minimum absolute atomic E-state index is 0.0293. The fourth-order valence-corrected chi connectivity index (χ4v) is 4.71. The lowest BCUT2D eigenvalue weighted by Gasteiger charge is -2.47. The van der Waals surface area contributed by atoms with Crippen LogP contribution in [0.2, 0.25) is 0 Å². The maximum absolute atomic E-state index is 11.1. The third-order valence-electron chi connectivity index (χ3n) is 6.39. The molecule has 4 rings (SSSR count). The first kappa shape index (κ1) is 20.9. The molecule has 1 atom stereocenters. The zero-order valence-electron chi connectivity index (χ0n) is 17.7.